The molecule has 1 aromatic carbocycles. The molecular weight excluding hydrogens is 328 g/mol. The van der Waals surface area contributed by atoms with Gasteiger partial charge in [-0.25, -0.2) is 0 Å². The van der Waals surface area contributed by atoms with Crippen LogP contribution in [0.2, 0.25) is 0 Å². The van der Waals surface area contributed by atoms with Crippen molar-refractivity contribution in [2.75, 3.05) is 24.6 Å². The van der Waals surface area contributed by atoms with E-state index in [-0.39, 0.29) is 11.7 Å². The summed E-state index contributed by atoms with van der Waals surface area (Å²) in [5.41, 5.74) is 0.566. The number of rotatable bonds is 5. The van der Waals surface area contributed by atoms with Crippen LogP contribution in [0.5, 0.6) is 0 Å². The van der Waals surface area contributed by atoms with Crippen LogP contribution in [-0.2, 0) is 0 Å². The second-order valence-electron chi connectivity index (χ2n) is 5.90. The molecule has 2 atom stereocenters. The van der Waals surface area contributed by atoms with Crippen molar-refractivity contribution in [2.24, 2.45) is 0 Å². The van der Waals surface area contributed by atoms with Crippen LogP contribution < -0.4 is 0 Å². The first kappa shape index (κ1) is 17.0. The molecular formula is C17H20N2O4S. The van der Waals surface area contributed by atoms with Gasteiger partial charge in [0.2, 0.25) is 0 Å². The normalized spacial score (nSPS) is 20.0. The number of hydrogen-bond donors (Lipinski definition) is 1. The fourth-order valence-corrected chi connectivity index (χ4v) is 4.05. The van der Waals surface area contributed by atoms with E-state index < -0.39 is 11.0 Å². The summed E-state index contributed by atoms with van der Waals surface area (Å²) >= 11 is 1.87. The van der Waals surface area contributed by atoms with Crippen molar-refractivity contribution in [2.45, 2.75) is 19.1 Å². The number of nitrogens with zero attached hydrogens (tertiary/aromatic N) is 2. The fourth-order valence-electron chi connectivity index (χ4n) is 2.92. The predicted octanol–water partition coefficient (Wildman–Crippen LogP) is 3.32. The molecule has 0 saturated carbocycles. The first-order valence-electron chi connectivity index (χ1n) is 7.85. The number of hydrogen-bond acceptors (Lipinski definition) is 6. The second-order valence-corrected chi connectivity index (χ2v) is 7.05. The van der Waals surface area contributed by atoms with Crippen LogP contribution in [0, 0.1) is 17.0 Å². The minimum absolute atomic E-state index is 0.000964. The van der Waals surface area contributed by atoms with Crippen LogP contribution in [0.15, 0.2) is 40.8 Å². The molecule has 1 aromatic heterocycles. The Morgan fingerprint density at radius 1 is 1.46 bits per heavy atom. The third-order valence-electron chi connectivity index (χ3n) is 4.20. The largest absolute Gasteiger partial charge is 0.465 e. The zero-order valence-electron chi connectivity index (χ0n) is 13.4. The third-order valence-corrected chi connectivity index (χ3v) is 5.22. The Labute approximate surface area is 144 Å². The molecule has 2 aromatic rings. The first-order valence-corrected chi connectivity index (χ1v) is 9.00. The van der Waals surface area contributed by atoms with E-state index in [1.807, 2.05) is 30.8 Å². The summed E-state index contributed by atoms with van der Waals surface area (Å²) in [6.07, 6.45) is -0.772. The highest BCUT2D eigenvalue weighted by molar-refractivity contribution is 7.99. The summed E-state index contributed by atoms with van der Waals surface area (Å²) in [6.45, 7) is 3.19. The van der Waals surface area contributed by atoms with Gasteiger partial charge in [0.25, 0.3) is 5.69 Å². The molecule has 0 amide bonds. The molecule has 0 bridgehead atoms. The quantitative estimate of drug-likeness (QED) is 0.659. The van der Waals surface area contributed by atoms with E-state index in [0.29, 0.717) is 12.1 Å². The van der Waals surface area contributed by atoms with Crippen molar-refractivity contribution in [3.8, 4) is 0 Å². The Hall–Kier alpha value is -1.83. The second kappa shape index (κ2) is 7.38. The van der Waals surface area contributed by atoms with Crippen molar-refractivity contribution in [1.29, 1.82) is 0 Å². The number of thioether (sulfide) groups is 1. The summed E-state index contributed by atoms with van der Waals surface area (Å²) in [4.78, 5) is 12.7. The van der Waals surface area contributed by atoms with E-state index in [0.717, 1.165) is 29.6 Å². The highest BCUT2D eigenvalue weighted by atomic mass is 32.2. The van der Waals surface area contributed by atoms with Crippen molar-refractivity contribution in [3.05, 3.63) is 63.6 Å². The van der Waals surface area contributed by atoms with Gasteiger partial charge in [-0.1, -0.05) is 12.1 Å². The number of non-ortho nitro benzene ring substituents is 1. The molecule has 128 valence electrons. The molecule has 1 saturated heterocycles. The Morgan fingerprint density at radius 2 is 2.29 bits per heavy atom. The molecule has 3 rings (SSSR count). The van der Waals surface area contributed by atoms with Crippen molar-refractivity contribution in [3.63, 3.8) is 0 Å². The average molecular weight is 348 g/mol. The lowest BCUT2D eigenvalue weighted by Gasteiger charge is -2.35. The molecule has 0 aliphatic carbocycles. The maximum atomic E-state index is 10.9. The predicted molar refractivity (Wildman–Crippen MR) is 93.1 cm³/mol. The van der Waals surface area contributed by atoms with Gasteiger partial charge in [0.1, 0.15) is 11.5 Å². The van der Waals surface area contributed by atoms with E-state index >= 15 is 0 Å². The van der Waals surface area contributed by atoms with Gasteiger partial charge in [0.15, 0.2) is 0 Å². The van der Waals surface area contributed by atoms with E-state index in [4.69, 9.17) is 4.42 Å². The molecule has 0 radical (unpaired) electrons. The Balaban J connectivity index is 1.75. The summed E-state index contributed by atoms with van der Waals surface area (Å²) in [5.74, 6) is 3.69. The lowest BCUT2D eigenvalue weighted by molar-refractivity contribution is -0.385. The van der Waals surface area contributed by atoms with E-state index in [1.54, 1.807) is 12.1 Å². The lowest BCUT2D eigenvalue weighted by Crippen LogP contribution is -2.38. The van der Waals surface area contributed by atoms with E-state index in [9.17, 15) is 15.2 Å². The number of aliphatic hydroxyl groups excluding tert-OH is 1. The molecule has 1 N–H and O–H groups in total. The zero-order valence-corrected chi connectivity index (χ0v) is 14.2. The monoisotopic (exact) mass is 348 g/mol. The number of benzene rings is 1. The standard InChI is InChI=1S/C17H20N2O4S/c1-12-5-6-17(23-12)15-11-24-8-7-18(15)10-16(20)13-3-2-4-14(9-13)19(21)22/h2-6,9,15-16,20H,7-8,10-11H2,1H3/t15-,16+/m0/s1. The van der Waals surface area contributed by atoms with Crippen molar-refractivity contribution in [1.82, 2.24) is 4.90 Å². The van der Waals surface area contributed by atoms with Crippen LogP contribution in [0.4, 0.5) is 5.69 Å². The van der Waals surface area contributed by atoms with Crippen molar-refractivity contribution < 1.29 is 14.4 Å². The lowest BCUT2D eigenvalue weighted by atomic mass is 10.1. The van der Waals surface area contributed by atoms with Gasteiger partial charge >= 0.3 is 0 Å². The van der Waals surface area contributed by atoms with Gasteiger partial charge in [-0.15, -0.1) is 0 Å². The van der Waals surface area contributed by atoms with Gasteiger partial charge in [0.05, 0.1) is 17.1 Å². The molecule has 7 heteroatoms. The molecule has 0 unspecified atom stereocenters. The fraction of sp³-hybridized carbons (Fsp3) is 0.412. The number of β-amino-alcohol motifs (C(OH)–C–C–N with tert-alkyl or cyclic N) is 1. The van der Waals surface area contributed by atoms with Crippen LogP contribution >= 0.6 is 11.8 Å². The summed E-state index contributed by atoms with van der Waals surface area (Å²) in [7, 11) is 0. The number of nitro benzene ring substituents is 1. The summed E-state index contributed by atoms with van der Waals surface area (Å²) < 4.78 is 5.77. The molecule has 24 heavy (non-hydrogen) atoms. The van der Waals surface area contributed by atoms with E-state index in [1.165, 1.54) is 12.1 Å². The van der Waals surface area contributed by atoms with Crippen LogP contribution in [0.1, 0.15) is 29.2 Å². The SMILES string of the molecule is Cc1ccc([C@@H]2CSCCN2C[C@@H](O)c2cccc([N+](=O)[O-])c2)o1. The molecule has 1 aliphatic heterocycles. The number of aliphatic hydroxyl groups is 1. The van der Waals surface area contributed by atoms with E-state index in [2.05, 4.69) is 4.90 Å². The molecule has 1 aliphatic rings. The smallest absolute Gasteiger partial charge is 0.269 e. The molecule has 2 heterocycles. The maximum absolute atomic E-state index is 10.9. The molecule has 6 nitrogen and oxygen atoms in total. The Kier molecular flexibility index (Phi) is 5.23. The summed E-state index contributed by atoms with van der Waals surface area (Å²) in [5, 5.41) is 21.5. The highest BCUT2D eigenvalue weighted by Crippen LogP contribution is 2.32. The van der Waals surface area contributed by atoms with Gasteiger partial charge in [0, 0.05) is 36.7 Å². The molecule has 1 fully saturated rings. The average Bonchev–Trinajstić information content (AvgIpc) is 3.01. The number of nitro groups is 1. The van der Waals surface area contributed by atoms with Crippen LogP contribution in [0.3, 0.4) is 0 Å². The topological polar surface area (TPSA) is 79.8 Å². The first-order chi connectivity index (χ1) is 11.5. The zero-order chi connectivity index (χ0) is 17.1. The number of aryl methyl sites for hydroxylation is 1. The van der Waals surface area contributed by atoms with Gasteiger partial charge in [-0.2, -0.15) is 11.8 Å². The van der Waals surface area contributed by atoms with Gasteiger partial charge in [-0.05, 0) is 24.6 Å². The maximum Gasteiger partial charge on any atom is 0.269 e. The Bertz CT molecular complexity index is 718. The third kappa shape index (κ3) is 3.80. The van der Waals surface area contributed by atoms with Crippen LogP contribution in [0.25, 0.3) is 0 Å². The highest BCUT2D eigenvalue weighted by Gasteiger charge is 2.29. The van der Waals surface area contributed by atoms with Crippen molar-refractivity contribution >= 4 is 17.4 Å². The van der Waals surface area contributed by atoms with Crippen LogP contribution in [-0.4, -0.2) is 39.5 Å². The Morgan fingerprint density at radius 3 is 3.00 bits per heavy atom. The minimum Gasteiger partial charge on any atom is -0.465 e. The number of furan rings is 1. The van der Waals surface area contributed by atoms with Gasteiger partial charge in [-0.3, -0.25) is 15.0 Å². The van der Waals surface area contributed by atoms with Gasteiger partial charge < -0.3 is 9.52 Å². The minimum atomic E-state index is -0.772. The summed E-state index contributed by atoms with van der Waals surface area (Å²) in [6, 6.07) is 10.3. The molecule has 0 spiro atoms.